The maximum atomic E-state index is 6.18. The summed E-state index contributed by atoms with van der Waals surface area (Å²) in [5.41, 5.74) is 8.26. The zero-order chi connectivity index (χ0) is 29.2. The lowest BCUT2D eigenvalue weighted by Gasteiger charge is -2.34. The summed E-state index contributed by atoms with van der Waals surface area (Å²) in [7, 11) is 0. The van der Waals surface area contributed by atoms with Crippen LogP contribution < -0.4 is 9.47 Å². The number of rotatable bonds is 6. The van der Waals surface area contributed by atoms with Crippen molar-refractivity contribution in [1.29, 1.82) is 0 Å². The van der Waals surface area contributed by atoms with E-state index >= 15 is 0 Å². The van der Waals surface area contributed by atoms with Gasteiger partial charge in [-0.05, 0) is 94.0 Å². The molecule has 2 nitrogen and oxygen atoms in total. The Morgan fingerprint density at radius 3 is 1.26 bits per heavy atom. The molecule has 43 heavy (non-hydrogen) atoms. The fraction of sp³-hybridized carbons (Fsp3) is 0.0244. The molecule has 0 saturated heterocycles. The molecule has 0 radical (unpaired) electrons. The third-order valence-corrected chi connectivity index (χ3v) is 8.00. The fourth-order valence-corrected chi connectivity index (χ4v) is 6.14. The summed E-state index contributed by atoms with van der Waals surface area (Å²) in [6, 6.07) is 49.2. The maximum absolute atomic E-state index is 6.18. The number of benzene rings is 6. The predicted octanol–water partition coefficient (Wildman–Crippen LogP) is 9.60. The topological polar surface area (TPSA) is 18.5 Å². The van der Waals surface area contributed by atoms with Gasteiger partial charge in [0.2, 0.25) is 0 Å². The fourth-order valence-electron chi connectivity index (χ4n) is 6.14. The molecular weight excluding hydrogens is 524 g/mol. The number of ether oxygens (including phenoxy) is 2. The largest absolute Gasteiger partial charge is 0.457 e. The maximum Gasteiger partial charge on any atom is 0.128 e. The molecule has 2 heteroatoms. The summed E-state index contributed by atoms with van der Waals surface area (Å²) in [6.45, 7) is 0. The summed E-state index contributed by atoms with van der Waals surface area (Å²) in [5.74, 6) is 8.23. The van der Waals surface area contributed by atoms with Crippen LogP contribution in [0.1, 0.15) is 33.4 Å². The monoisotopic (exact) mass is 550 g/mol. The molecule has 0 aliphatic heterocycles. The van der Waals surface area contributed by atoms with Crippen molar-refractivity contribution >= 4 is 0 Å². The van der Waals surface area contributed by atoms with Crippen molar-refractivity contribution in [2.75, 3.05) is 0 Å². The summed E-state index contributed by atoms with van der Waals surface area (Å²) in [4.78, 5) is 0. The average Bonchev–Trinajstić information content (AvgIpc) is 3.37. The van der Waals surface area contributed by atoms with Crippen molar-refractivity contribution in [1.82, 2.24) is 0 Å². The molecule has 0 aromatic heterocycles. The molecule has 1 aliphatic carbocycles. The van der Waals surface area contributed by atoms with Gasteiger partial charge in [0, 0.05) is 11.1 Å². The van der Waals surface area contributed by atoms with Gasteiger partial charge in [-0.15, -0.1) is 12.8 Å². The van der Waals surface area contributed by atoms with Gasteiger partial charge in [-0.2, -0.15) is 0 Å². The van der Waals surface area contributed by atoms with Gasteiger partial charge in [-0.25, -0.2) is 0 Å². The number of terminal acetylenes is 2. The first-order chi connectivity index (χ1) is 21.2. The van der Waals surface area contributed by atoms with Crippen molar-refractivity contribution in [2.24, 2.45) is 0 Å². The van der Waals surface area contributed by atoms with Gasteiger partial charge in [0.25, 0.3) is 0 Å². The summed E-state index contributed by atoms with van der Waals surface area (Å²) in [6.07, 6.45) is 11.2. The first kappa shape index (κ1) is 26.0. The van der Waals surface area contributed by atoms with Crippen molar-refractivity contribution in [3.05, 3.63) is 179 Å². The lowest BCUT2D eigenvalue weighted by atomic mass is 9.68. The highest BCUT2D eigenvalue weighted by molar-refractivity contribution is 5.86. The molecule has 1 aliphatic rings. The van der Waals surface area contributed by atoms with E-state index in [0.717, 1.165) is 33.8 Å². The number of fused-ring (bicyclic) bond motifs is 3. The molecule has 0 saturated carbocycles. The SMILES string of the molecule is C#Cc1cccc(Oc2ccc(C3(c4ccc(Oc5cccc(C#C)c5)cc4)c4ccccc4-c4ccccc43)cc2)c1. The van der Waals surface area contributed by atoms with Crippen LogP contribution in [-0.4, -0.2) is 0 Å². The van der Waals surface area contributed by atoms with Crippen LogP contribution in [0.15, 0.2) is 146 Å². The summed E-state index contributed by atoms with van der Waals surface area (Å²) < 4.78 is 12.4. The second kappa shape index (κ2) is 10.8. The van der Waals surface area contributed by atoms with Crippen molar-refractivity contribution < 1.29 is 9.47 Å². The lowest BCUT2D eigenvalue weighted by molar-refractivity contribution is 0.482. The second-order valence-electron chi connectivity index (χ2n) is 10.4. The van der Waals surface area contributed by atoms with Crippen LogP contribution in [-0.2, 0) is 5.41 Å². The Morgan fingerprint density at radius 1 is 0.419 bits per heavy atom. The van der Waals surface area contributed by atoms with Gasteiger partial charge in [0.05, 0.1) is 5.41 Å². The summed E-state index contributed by atoms with van der Waals surface area (Å²) in [5, 5.41) is 0. The minimum Gasteiger partial charge on any atom is -0.457 e. The van der Waals surface area contributed by atoms with Crippen molar-refractivity contribution in [3.63, 3.8) is 0 Å². The Balaban J connectivity index is 1.33. The van der Waals surface area contributed by atoms with Gasteiger partial charge in [0.15, 0.2) is 0 Å². The third-order valence-electron chi connectivity index (χ3n) is 8.00. The highest BCUT2D eigenvalue weighted by Gasteiger charge is 2.45. The predicted molar refractivity (Wildman–Crippen MR) is 173 cm³/mol. The zero-order valence-electron chi connectivity index (χ0n) is 23.3. The Kier molecular flexibility index (Phi) is 6.52. The van der Waals surface area contributed by atoms with Crippen LogP contribution in [0, 0.1) is 24.7 Å². The first-order valence-corrected chi connectivity index (χ1v) is 14.1. The molecule has 0 fully saturated rings. The van der Waals surface area contributed by atoms with Crippen LogP contribution in [0.3, 0.4) is 0 Å². The average molecular weight is 551 g/mol. The molecule has 0 bridgehead atoms. The quantitative estimate of drug-likeness (QED) is 0.192. The van der Waals surface area contributed by atoms with Crippen LogP contribution >= 0.6 is 0 Å². The van der Waals surface area contributed by atoms with Crippen molar-refractivity contribution in [2.45, 2.75) is 5.41 Å². The minimum atomic E-state index is -0.531. The Morgan fingerprint density at radius 2 is 0.837 bits per heavy atom. The normalized spacial score (nSPS) is 12.3. The van der Waals surface area contributed by atoms with Gasteiger partial charge < -0.3 is 9.47 Å². The molecule has 7 rings (SSSR count). The van der Waals surface area contributed by atoms with E-state index in [9.17, 15) is 0 Å². The van der Waals surface area contributed by atoms with Gasteiger partial charge in [0.1, 0.15) is 23.0 Å². The molecule has 0 unspecified atom stereocenters. The van der Waals surface area contributed by atoms with Crippen LogP contribution in [0.2, 0.25) is 0 Å². The van der Waals surface area contributed by atoms with Crippen LogP contribution in [0.4, 0.5) is 0 Å². The van der Waals surface area contributed by atoms with Crippen LogP contribution in [0.25, 0.3) is 11.1 Å². The van der Waals surface area contributed by atoms with E-state index in [2.05, 4.69) is 84.6 Å². The smallest absolute Gasteiger partial charge is 0.128 e. The van der Waals surface area contributed by atoms with Gasteiger partial charge in [-0.3, -0.25) is 0 Å². The van der Waals surface area contributed by atoms with E-state index in [-0.39, 0.29) is 0 Å². The van der Waals surface area contributed by atoms with E-state index in [4.69, 9.17) is 22.3 Å². The Hall–Kier alpha value is -5.96. The van der Waals surface area contributed by atoms with E-state index in [0.29, 0.717) is 11.5 Å². The molecule has 0 spiro atoms. The Labute approximate surface area is 252 Å². The Bertz CT molecular complexity index is 1890. The molecule has 0 amide bonds. The van der Waals surface area contributed by atoms with E-state index in [1.54, 1.807) is 0 Å². The molecule has 6 aromatic rings. The molecule has 0 N–H and O–H groups in total. The van der Waals surface area contributed by atoms with E-state index in [1.807, 2.05) is 72.8 Å². The first-order valence-electron chi connectivity index (χ1n) is 14.1. The summed E-state index contributed by atoms with van der Waals surface area (Å²) >= 11 is 0. The molecule has 202 valence electrons. The van der Waals surface area contributed by atoms with Gasteiger partial charge >= 0.3 is 0 Å². The molecule has 0 heterocycles. The highest BCUT2D eigenvalue weighted by atomic mass is 16.5. The standard InChI is InChI=1S/C41H26O2/c1-3-29-11-9-13-35(27-29)42-33-23-19-31(20-24-33)41(39-17-7-5-15-37(39)38-16-6-8-18-40(38)41)32-21-25-34(26-22-32)43-36-14-10-12-30(4-2)28-36/h1-2,5-28H. The third kappa shape index (κ3) is 4.53. The van der Waals surface area contributed by atoms with E-state index < -0.39 is 5.41 Å². The zero-order valence-corrected chi connectivity index (χ0v) is 23.3. The lowest BCUT2D eigenvalue weighted by Crippen LogP contribution is -2.28. The molecule has 6 aromatic carbocycles. The van der Waals surface area contributed by atoms with E-state index in [1.165, 1.54) is 22.3 Å². The number of hydrogen-bond donors (Lipinski definition) is 0. The highest BCUT2D eigenvalue weighted by Crippen LogP contribution is 2.56. The minimum absolute atomic E-state index is 0.531. The van der Waals surface area contributed by atoms with Crippen LogP contribution in [0.5, 0.6) is 23.0 Å². The number of hydrogen-bond acceptors (Lipinski definition) is 2. The second-order valence-corrected chi connectivity index (χ2v) is 10.4. The molecule has 0 atom stereocenters. The van der Waals surface area contributed by atoms with Crippen molar-refractivity contribution in [3.8, 4) is 58.8 Å². The molecular formula is C41H26O2. The van der Waals surface area contributed by atoms with Gasteiger partial charge in [-0.1, -0.05) is 96.8 Å².